The maximum absolute atomic E-state index is 10.8. The van der Waals surface area contributed by atoms with Crippen LogP contribution in [0.3, 0.4) is 0 Å². The number of amides is 1. The summed E-state index contributed by atoms with van der Waals surface area (Å²) in [4.78, 5) is 10.8. The Balaban J connectivity index is 2.41. The van der Waals surface area contributed by atoms with Crippen molar-refractivity contribution in [3.8, 4) is 0 Å². The lowest BCUT2D eigenvalue weighted by atomic mass is 10.1. The molecule has 2 atom stereocenters. The zero-order valence-electron chi connectivity index (χ0n) is 8.21. The minimum atomic E-state index is -0.261. The molecule has 0 aromatic rings. The number of hydrogen-bond donors (Lipinski definition) is 1. The summed E-state index contributed by atoms with van der Waals surface area (Å²) in [5.74, 6) is -0.0276. The van der Waals surface area contributed by atoms with Gasteiger partial charge in [-0.25, -0.2) is 0 Å². The second-order valence-electron chi connectivity index (χ2n) is 3.14. The van der Waals surface area contributed by atoms with E-state index in [-0.39, 0.29) is 18.2 Å². The lowest BCUT2D eigenvalue weighted by Crippen LogP contribution is -2.47. The quantitative estimate of drug-likeness (QED) is 0.706. The molecule has 4 nitrogen and oxygen atoms in total. The highest BCUT2D eigenvalue weighted by Gasteiger charge is 2.26. The van der Waals surface area contributed by atoms with Crippen LogP contribution in [-0.4, -0.2) is 31.5 Å². The fourth-order valence-electron chi connectivity index (χ4n) is 1.48. The fourth-order valence-corrected chi connectivity index (χ4v) is 1.48. The Bertz CT molecular complexity index is 170. The van der Waals surface area contributed by atoms with Crippen molar-refractivity contribution in [3.63, 3.8) is 0 Å². The smallest absolute Gasteiger partial charge is 0.217 e. The van der Waals surface area contributed by atoms with Crippen LogP contribution in [0.5, 0.6) is 0 Å². The number of carbonyl (C=O) groups is 1. The summed E-state index contributed by atoms with van der Waals surface area (Å²) in [7, 11) is 0. The van der Waals surface area contributed by atoms with E-state index in [9.17, 15) is 4.79 Å². The van der Waals surface area contributed by atoms with Crippen LogP contribution in [0.1, 0.15) is 26.7 Å². The van der Waals surface area contributed by atoms with Gasteiger partial charge in [-0.1, -0.05) is 0 Å². The van der Waals surface area contributed by atoms with Gasteiger partial charge in [-0.15, -0.1) is 0 Å². The molecule has 1 aliphatic heterocycles. The molecule has 13 heavy (non-hydrogen) atoms. The second-order valence-corrected chi connectivity index (χ2v) is 3.14. The monoisotopic (exact) mass is 187 g/mol. The zero-order valence-corrected chi connectivity index (χ0v) is 8.21. The average molecular weight is 187 g/mol. The molecule has 1 N–H and O–H groups in total. The summed E-state index contributed by atoms with van der Waals surface area (Å²) in [6, 6.07) is 0.0196. The van der Waals surface area contributed by atoms with Crippen molar-refractivity contribution in [3.05, 3.63) is 0 Å². The van der Waals surface area contributed by atoms with Crippen LogP contribution in [0.25, 0.3) is 0 Å². The molecule has 1 fully saturated rings. The normalized spacial score (nSPS) is 28.5. The van der Waals surface area contributed by atoms with E-state index in [1.165, 1.54) is 6.92 Å². The highest BCUT2D eigenvalue weighted by Crippen LogP contribution is 2.14. The minimum Gasteiger partial charge on any atom is -0.351 e. The summed E-state index contributed by atoms with van der Waals surface area (Å²) >= 11 is 0. The third-order valence-electron chi connectivity index (χ3n) is 1.99. The summed E-state index contributed by atoms with van der Waals surface area (Å²) in [6.07, 6.45) is 1.65. The van der Waals surface area contributed by atoms with Crippen molar-refractivity contribution in [1.29, 1.82) is 0 Å². The van der Waals surface area contributed by atoms with E-state index in [1.54, 1.807) is 0 Å². The molecule has 1 rings (SSSR count). The van der Waals surface area contributed by atoms with Gasteiger partial charge in [0.1, 0.15) is 0 Å². The number of nitrogens with one attached hydrogen (secondary N) is 1. The first kappa shape index (κ1) is 10.5. The summed E-state index contributed by atoms with van der Waals surface area (Å²) in [5.41, 5.74) is 0. The van der Waals surface area contributed by atoms with E-state index >= 15 is 0 Å². The molecular weight excluding hydrogens is 170 g/mol. The lowest BCUT2D eigenvalue weighted by molar-refractivity contribution is -0.177. The molecule has 0 radical (unpaired) electrons. The highest BCUT2D eigenvalue weighted by atomic mass is 16.7. The van der Waals surface area contributed by atoms with Crippen LogP contribution in [0, 0.1) is 0 Å². The van der Waals surface area contributed by atoms with Crippen molar-refractivity contribution in [2.45, 2.75) is 39.0 Å². The van der Waals surface area contributed by atoms with Crippen LogP contribution in [0.2, 0.25) is 0 Å². The highest BCUT2D eigenvalue weighted by molar-refractivity contribution is 5.73. The van der Waals surface area contributed by atoms with E-state index in [0.717, 1.165) is 19.4 Å². The number of carbonyl (C=O) groups excluding carboxylic acids is 1. The standard InChI is InChI=1S/C9H17NO3/c1-3-12-9-8(10-7(2)11)5-4-6-13-9/h8-9H,3-6H2,1-2H3,(H,10,11). The van der Waals surface area contributed by atoms with E-state index in [1.807, 2.05) is 6.92 Å². The molecule has 0 saturated carbocycles. The van der Waals surface area contributed by atoms with Crippen LogP contribution in [0.4, 0.5) is 0 Å². The first-order valence-corrected chi connectivity index (χ1v) is 4.74. The molecule has 2 unspecified atom stereocenters. The van der Waals surface area contributed by atoms with Crippen molar-refractivity contribution in [2.24, 2.45) is 0 Å². The zero-order chi connectivity index (χ0) is 9.68. The minimum absolute atomic E-state index is 0.0196. The largest absolute Gasteiger partial charge is 0.351 e. The molecule has 1 aliphatic rings. The Morgan fingerprint density at radius 3 is 3.08 bits per heavy atom. The molecule has 0 spiro atoms. The fraction of sp³-hybridized carbons (Fsp3) is 0.889. The first-order chi connectivity index (χ1) is 6.24. The van der Waals surface area contributed by atoms with E-state index in [0.29, 0.717) is 6.61 Å². The van der Waals surface area contributed by atoms with Crippen LogP contribution >= 0.6 is 0 Å². The average Bonchev–Trinajstić information content (AvgIpc) is 2.08. The lowest BCUT2D eigenvalue weighted by Gasteiger charge is -2.31. The van der Waals surface area contributed by atoms with Gasteiger partial charge in [-0.2, -0.15) is 0 Å². The van der Waals surface area contributed by atoms with Gasteiger partial charge in [-0.05, 0) is 19.8 Å². The molecule has 1 saturated heterocycles. The Morgan fingerprint density at radius 2 is 2.46 bits per heavy atom. The molecule has 0 bridgehead atoms. The molecule has 1 heterocycles. The molecule has 0 aromatic heterocycles. The first-order valence-electron chi connectivity index (χ1n) is 4.74. The molecule has 76 valence electrons. The maximum atomic E-state index is 10.8. The Morgan fingerprint density at radius 1 is 1.69 bits per heavy atom. The van der Waals surface area contributed by atoms with Crippen LogP contribution in [0.15, 0.2) is 0 Å². The SMILES string of the molecule is CCOC1OCCCC1NC(C)=O. The Kier molecular flexibility index (Phi) is 4.18. The number of hydrogen-bond acceptors (Lipinski definition) is 3. The number of rotatable bonds is 3. The summed E-state index contributed by atoms with van der Waals surface area (Å²) in [5, 5.41) is 2.83. The Hall–Kier alpha value is -0.610. The third kappa shape index (κ3) is 3.32. The van der Waals surface area contributed by atoms with Crippen LogP contribution < -0.4 is 5.32 Å². The molecule has 1 amide bonds. The van der Waals surface area contributed by atoms with Gasteiger partial charge in [0, 0.05) is 20.1 Å². The predicted octanol–water partition coefficient (Wildman–Crippen LogP) is 0.664. The van der Waals surface area contributed by atoms with E-state index in [4.69, 9.17) is 9.47 Å². The van der Waals surface area contributed by atoms with Crippen molar-refractivity contribution >= 4 is 5.91 Å². The summed E-state index contributed by atoms with van der Waals surface area (Å²) < 4.78 is 10.8. The topological polar surface area (TPSA) is 47.6 Å². The van der Waals surface area contributed by atoms with Gasteiger partial charge in [0.05, 0.1) is 6.04 Å². The third-order valence-corrected chi connectivity index (χ3v) is 1.99. The van der Waals surface area contributed by atoms with Crippen molar-refractivity contribution < 1.29 is 14.3 Å². The van der Waals surface area contributed by atoms with Crippen molar-refractivity contribution in [2.75, 3.05) is 13.2 Å². The number of ether oxygens (including phenoxy) is 2. The second kappa shape index (κ2) is 5.19. The van der Waals surface area contributed by atoms with Gasteiger partial charge < -0.3 is 14.8 Å². The molecule has 0 aliphatic carbocycles. The van der Waals surface area contributed by atoms with E-state index < -0.39 is 0 Å². The van der Waals surface area contributed by atoms with Gasteiger partial charge in [0.15, 0.2) is 6.29 Å². The van der Waals surface area contributed by atoms with Gasteiger partial charge in [0.2, 0.25) is 5.91 Å². The van der Waals surface area contributed by atoms with Gasteiger partial charge in [0.25, 0.3) is 0 Å². The Labute approximate surface area is 78.6 Å². The van der Waals surface area contributed by atoms with Crippen molar-refractivity contribution in [1.82, 2.24) is 5.32 Å². The van der Waals surface area contributed by atoms with Gasteiger partial charge >= 0.3 is 0 Å². The van der Waals surface area contributed by atoms with Gasteiger partial charge in [-0.3, -0.25) is 4.79 Å². The maximum Gasteiger partial charge on any atom is 0.217 e. The molecule has 4 heteroatoms. The van der Waals surface area contributed by atoms with Crippen LogP contribution in [-0.2, 0) is 14.3 Å². The summed E-state index contributed by atoms with van der Waals surface area (Å²) in [6.45, 7) is 4.77. The predicted molar refractivity (Wildman–Crippen MR) is 48.2 cm³/mol. The molecule has 0 aromatic carbocycles. The molecular formula is C9H17NO3. The van der Waals surface area contributed by atoms with E-state index in [2.05, 4.69) is 5.32 Å².